The molecule has 0 fully saturated rings. The smallest absolute Gasteiger partial charge is 0.253 e. The van der Waals surface area contributed by atoms with Gasteiger partial charge in [0.05, 0.1) is 23.7 Å². The first-order valence-corrected chi connectivity index (χ1v) is 7.63. The topological polar surface area (TPSA) is 58.6 Å². The molecule has 1 rings (SSSR count). The largest absolute Gasteiger partial charge is 0.383 e. The van der Waals surface area contributed by atoms with Crippen molar-refractivity contribution in [3.63, 3.8) is 0 Å². The molecule has 0 aliphatic heterocycles. The van der Waals surface area contributed by atoms with E-state index in [4.69, 9.17) is 16.3 Å². The molecule has 0 unspecified atom stereocenters. The normalized spacial score (nSPS) is 10.6. The van der Waals surface area contributed by atoms with Gasteiger partial charge in [-0.15, -0.1) is 0 Å². The van der Waals surface area contributed by atoms with Gasteiger partial charge in [0.25, 0.3) is 5.91 Å². The zero-order chi connectivity index (χ0) is 16.5. The maximum atomic E-state index is 12.2. The number of hydrogen-bond donors (Lipinski definition) is 1. The van der Waals surface area contributed by atoms with Gasteiger partial charge in [0.2, 0.25) is 5.91 Å². The van der Waals surface area contributed by atoms with Crippen molar-refractivity contribution in [1.82, 2.24) is 10.2 Å². The van der Waals surface area contributed by atoms with Crippen LogP contribution in [-0.2, 0) is 9.53 Å². The van der Waals surface area contributed by atoms with E-state index >= 15 is 0 Å². The number of hydrogen-bond acceptors (Lipinski definition) is 3. The summed E-state index contributed by atoms with van der Waals surface area (Å²) in [6, 6.07) is 6.74. The van der Waals surface area contributed by atoms with Crippen molar-refractivity contribution in [3.8, 4) is 0 Å². The first kappa shape index (κ1) is 18.5. The number of carbonyl (C=O) groups is 2. The Balaban J connectivity index is 2.58. The van der Waals surface area contributed by atoms with Crippen LogP contribution in [0.4, 0.5) is 0 Å². The van der Waals surface area contributed by atoms with Crippen molar-refractivity contribution < 1.29 is 14.3 Å². The minimum absolute atomic E-state index is 0.0551. The van der Waals surface area contributed by atoms with Gasteiger partial charge in [-0.2, -0.15) is 0 Å². The summed E-state index contributed by atoms with van der Waals surface area (Å²) in [5.74, 6) is -0.138. The summed E-state index contributed by atoms with van der Waals surface area (Å²) in [5, 5.41) is 2.98. The lowest BCUT2D eigenvalue weighted by molar-refractivity contribution is -0.131. The van der Waals surface area contributed by atoms with E-state index in [1.165, 1.54) is 0 Å². The molecule has 0 aliphatic rings. The van der Waals surface area contributed by atoms with Gasteiger partial charge in [0, 0.05) is 20.2 Å². The second kappa shape index (κ2) is 9.43. The highest BCUT2D eigenvalue weighted by Crippen LogP contribution is 2.14. The summed E-state index contributed by atoms with van der Waals surface area (Å²) in [6.07, 6.45) is 0. The number of amides is 2. The molecule has 1 N–H and O–H groups in total. The van der Waals surface area contributed by atoms with Crippen LogP contribution in [0.2, 0.25) is 5.02 Å². The Kier molecular flexibility index (Phi) is 7.91. The van der Waals surface area contributed by atoms with Crippen LogP contribution in [0.25, 0.3) is 0 Å². The Morgan fingerprint density at radius 1 is 1.32 bits per heavy atom. The molecule has 6 heteroatoms. The number of nitrogens with zero attached hydrogens (tertiary/aromatic N) is 1. The van der Waals surface area contributed by atoms with Gasteiger partial charge in [-0.25, -0.2) is 0 Å². The third-order valence-electron chi connectivity index (χ3n) is 3.02. The standard InChI is InChI=1S/C16H23ClN2O3/c1-12(2)11-19(8-9-22-3)15(20)10-18-16(21)13-6-4-5-7-14(13)17/h4-7,12H,8-11H2,1-3H3,(H,18,21). The molecule has 0 aromatic heterocycles. The van der Waals surface area contributed by atoms with E-state index in [9.17, 15) is 9.59 Å². The molecule has 1 aromatic carbocycles. The first-order valence-electron chi connectivity index (χ1n) is 7.25. The molecule has 1 aromatic rings. The predicted molar refractivity (Wildman–Crippen MR) is 87.1 cm³/mol. The van der Waals surface area contributed by atoms with Crippen LogP contribution in [-0.4, -0.2) is 50.1 Å². The summed E-state index contributed by atoms with van der Waals surface area (Å²) in [7, 11) is 1.59. The number of halogens is 1. The van der Waals surface area contributed by atoms with E-state index in [-0.39, 0.29) is 18.4 Å². The molecule has 0 aliphatic carbocycles. The average molecular weight is 327 g/mol. The Hall–Kier alpha value is -1.59. The molecule has 2 amide bonds. The predicted octanol–water partition coefficient (Wildman–Crippen LogP) is 2.20. The van der Waals surface area contributed by atoms with Gasteiger partial charge >= 0.3 is 0 Å². The highest BCUT2D eigenvalue weighted by molar-refractivity contribution is 6.33. The van der Waals surface area contributed by atoms with Gasteiger partial charge in [-0.05, 0) is 18.1 Å². The van der Waals surface area contributed by atoms with Crippen LogP contribution in [0.3, 0.4) is 0 Å². The zero-order valence-corrected chi connectivity index (χ0v) is 14.0. The van der Waals surface area contributed by atoms with E-state index in [1.54, 1.807) is 36.3 Å². The average Bonchev–Trinajstić information content (AvgIpc) is 2.48. The minimum atomic E-state index is -0.352. The first-order chi connectivity index (χ1) is 10.5. The van der Waals surface area contributed by atoms with Crippen LogP contribution in [0.15, 0.2) is 24.3 Å². The van der Waals surface area contributed by atoms with E-state index < -0.39 is 0 Å². The van der Waals surface area contributed by atoms with Crippen LogP contribution in [0, 0.1) is 5.92 Å². The Morgan fingerprint density at radius 2 is 2.00 bits per heavy atom. The number of methoxy groups -OCH3 is 1. The van der Waals surface area contributed by atoms with Crippen LogP contribution >= 0.6 is 11.6 Å². The van der Waals surface area contributed by atoms with Crippen molar-refractivity contribution >= 4 is 23.4 Å². The van der Waals surface area contributed by atoms with Gasteiger partial charge < -0.3 is 15.0 Å². The number of nitrogens with one attached hydrogen (secondary N) is 1. The molecule has 0 heterocycles. The van der Waals surface area contributed by atoms with E-state index in [1.807, 2.05) is 13.8 Å². The quantitative estimate of drug-likeness (QED) is 0.796. The lowest BCUT2D eigenvalue weighted by atomic mass is 10.2. The lowest BCUT2D eigenvalue weighted by Crippen LogP contribution is -2.43. The van der Waals surface area contributed by atoms with Gasteiger partial charge in [0.15, 0.2) is 0 Å². The Labute approximate surface area is 136 Å². The molecule has 122 valence electrons. The van der Waals surface area contributed by atoms with Crippen molar-refractivity contribution in [2.75, 3.05) is 33.4 Å². The second-order valence-electron chi connectivity index (χ2n) is 5.39. The molecular formula is C16H23ClN2O3. The fourth-order valence-corrected chi connectivity index (χ4v) is 2.19. The van der Waals surface area contributed by atoms with Crippen molar-refractivity contribution in [3.05, 3.63) is 34.9 Å². The zero-order valence-electron chi connectivity index (χ0n) is 13.3. The summed E-state index contributed by atoms with van der Waals surface area (Å²) in [5.41, 5.74) is 0.365. The fraction of sp³-hybridized carbons (Fsp3) is 0.500. The van der Waals surface area contributed by atoms with Crippen molar-refractivity contribution in [2.24, 2.45) is 5.92 Å². The summed E-state index contributed by atoms with van der Waals surface area (Å²) in [4.78, 5) is 26.0. The Bertz CT molecular complexity index is 506. The molecule has 0 saturated carbocycles. The van der Waals surface area contributed by atoms with Crippen LogP contribution in [0.5, 0.6) is 0 Å². The summed E-state index contributed by atoms with van der Waals surface area (Å²) in [6.45, 7) is 5.63. The van der Waals surface area contributed by atoms with Gasteiger partial charge in [-0.3, -0.25) is 9.59 Å². The maximum Gasteiger partial charge on any atom is 0.253 e. The SMILES string of the molecule is COCCN(CC(C)C)C(=O)CNC(=O)c1ccccc1Cl. The van der Waals surface area contributed by atoms with Crippen molar-refractivity contribution in [2.45, 2.75) is 13.8 Å². The molecule has 0 atom stereocenters. The van der Waals surface area contributed by atoms with E-state index in [0.29, 0.717) is 36.2 Å². The van der Waals surface area contributed by atoms with E-state index in [2.05, 4.69) is 5.32 Å². The van der Waals surface area contributed by atoms with Gasteiger partial charge in [-0.1, -0.05) is 37.6 Å². The van der Waals surface area contributed by atoms with Gasteiger partial charge in [0.1, 0.15) is 0 Å². The number of benzene rings is 1. The van der Waals surface area contributed by atoms with Crippen LogP contribution < -0.4 is 5.32 Å². The number of ether oxygens (including phenoxy) is 1. The molecule has 0 radical (unpaired) electrons. The van der Waals surface area contributed by atoms with E-state index in [0.717, 1.165) is 0 Å². The summed E-state index contributed by atoms with van der Waals surface area (Å²) < 4.78 is 5.02. The van der Waals surface area contributed by atoms with Crippen LogP contribution in [0.1, 0.15) is 24.2 Å². The fourth-order valence-electron chi connectivity index (χ4n) is 1.97. The monoisotopic (exact) mass is 326 g/mol. The maximum absolute atomic E-state index is 12.2. The molecule has 22 heavy (non-hydrogen) atoms. The number of rotatable bonds is 8. The highest BCUT2D eigenvalue weighted by Gasteiger charge is 2.16. The number of carbonyl (C=O) groups excluding carboxylic acids is 2. The third kappa shape index (κ3) is 6.03. The van der Waals surface area contributed by atoms with Crippen molar-refractivity contribution in [1.29, 1.82) is 0 Å². The highest BCUT2D eigenvalue weighted by atomic mass is 35.5. The second-order valence-corrected chi connectivity index (χ2v) is 5.80. The molecule has 0 saturated heterocycles. The Morgan fingerprint density at radius 3 is 2.59 bits per heavy atom. The summed E-state index contributed by atoms with van der Waals surface area (Å²) >= 11 is 5.96. The molecular weight excluding hydrogens is 304 g/mol. The molecule has 0 bridgehead atoms. The molecule has 5 nitrogen and oxygen atoms in total. The lowest BCUT2D eigenvalue weighted by Gasteiger charge is -2.24. The third-order valence-corrected chi connectivity index (χ3v) is 3.35. The minimum Gasteiger partial charge on any atom is -0.383 e. The molecule has 0 spiro atoms.